The van der Waals surface area contributed by atoms with Crippen LogP contribution in [0.15, 0.2) is 23.2 Å². The number of rotatable bonds is 6. The van der Waals surface area contributed by atoms with E-state index in [2.05, 4.69) is 29.5 Å². The van der Waals surface area contributed by atoms with E-state index < -0.39 is 0 Å². The van der Waals surface area contributed by atoms with Crippen LogP contribution in [-0.4, -0.2) is 45.5 Å². The molecule has 2 aliphatic rings. The predicted octanol–water partition coefficient (Wildman–Crippen LogP) is 2.57. The molecule has 0 aromatic heterocycles. The zero-order valence-corrected chi connectivity index (χ0v) is 16.5. The van der Waals surface area contributed by atoms with Crippen molar-refractivity contribution in [2.24, 2.45) is 16.3 Å². The molecule has 1 heterocycles. The second-order valence-corrected chi connectivity index (χ2v) is 7.53. The number of ether oxygens (including phenoxy) is 3. The van der Waals surface area contributed by atoms with Gasteiger partial charge < -0.3 is 24.8 Å². The van der Waals surface area contributed by atoms with E-state index in [0.717, 1.165) is 36.0 Å². The van der Waals surface area contributed by atoms with Crippen molar-refractivity contribution in [2.75, 3.05) is 27.4 Å². The number of guanidine groups is 1. The molecule has 1 aromatic carbocycles. The molecule has 0 bridgehead atoms. The second kappa shape index (κ2) is 7.74. The lowest BCUT2D eigenvalue weighted by Gasteiger charge is -2.54. The Hall–Kier alpha value is -1.95. The summed E-state index contributed by atoms with van der Waals surface area (Å²) in [6.45, 7) is 8.65. The van der Waals surface area contributed by atoms with Gasteiger partial charge in [0, 0.05) is 37.6 Å². The van der Waals surface area contributed by atoms with Crippen LogP contribution >= 0.6 is 0 Å². The van der Waals surface area contributed by atoms with Crippen molar-refractivity contribution < 1.29 is 14.2 Å². The van der Waals surface area contributed by atoms with Crippen LogP contribution in [0, 0.1) is 11.3 Å². The second-order valence-electron chi connectivity index (χ2n) is 7.53. The maximum atomic E-state index is 5.87. The Morgan fingerprint density at radius 1 is 1.35 bits per heavy atom. The predicted molar refractivity (Wildman–Crippen MR) is 103 cm³/mol. The largest absolute Gasteiger partial charge is 0.493 e. The first kappa shape index (κ1) is 18.8. The van der Waals surface area contributed by atoms with Crippen molar-refractivity contribution in [2.45, 2.75) is 45.9 Å². The molecule has 1 aliphatic carbocycles. The van der Waals surface area contributed by atoms with E-state index in [1.165, 1.54) is 0 Å². The standard InChI is InChI=1S/C20H31N3O3/c1-6-25-16-11-13(7-8-15(16)24-5)12-22-19(21-4)23-17-14-9-10-26-18(14)20(17,2)3/h7-8,11,14,17-18H,6,9-10,12H2,1-5H3,(H2,21,22,23). The molecule has 3 rings (SSSR count). The van der Waals surface area contributed by atoms with Crippen LogP contribution in [-0.2, 0) is 11.3 Å². The van der Waals surface area contributed by atoms with Gasteiger partial charge in [0.15, 0.2) is 17.5 Å². The number of nitrogens with one attached hydrogen (secondary N) is 2. The summed E-state index contributed by atoms with van der Waals surface area (Å²) in [6, 6.07) is 6.37. The maximum Gasteiger partial charge on any atom is 0.191 e. The molecule has 1 saturated carbocycles. The molecule has 26 heavy (non-hydrogen) atoms. The van der Waals surface area contributed by atoms with E-state index in [9.17, 15) is 0 Å². The van der Waals surface area contributed by atoms with Crippen LogP contribution in [0.3, 0.4) is 0 Å². The van der Waals surface area contributed by atoms with Crippen LogP contribution in [0.4, 0.5) is 0 Å². The number of aliphatic imine (C=N–C) groups is 1. The fourth-order valence-electron chi connectivity index (χ4n) is 4.24. The van der Waals surface area contributed by atoms with Gasteiger partial charge in [-0.15, -0.1) is 0 Å². The van der Waals surface area contributed by atoms with Crippen LogP contribution in [0.5, 0.6) is 11.5 Å². The van der Waals surface area contributed by atoms with Crippen molar-refractivity contribution in [3.8, 4) is 11.5 Å². The first-order valence-electron chi connectivity index (χ1n) is 9.39. The third-order valence-corrected chi connectivity index (χ3v) is 5.60. The third kappa shape index (κ3) is 3.47. The highest BCUT2D eigenvalue weighted by molar-refractivity contribution is 5.80. The lowest BCUT2D eigenvalue weighted by atomic mass is 9.57. The smallest absolute Gasteiger partial charge is 0.191 e. The van der Waals surface area contributed by atoms with Crippen LogP contribution in [0.2, 0.25) is 0 Å². The van der Waals surface area contributed by atoms with Crippen molar-refractivity contribution in [1.82, 2.24) is 10.6 Å². The summed E-state index contributed by atoms with van der Waals surface area (Å²) < 4.78 is 16.9. The van der Waals surface area contributed by atoms with E-state index in [0.29, 0.717) is 31.2 Å². The van der Waals surface area contributed by atoms with Gasteiger partial charge in [0.05, 0.1) is 19.8 Å². The van der Waals surface area contributed by atoms with Gasteiger partial charge in [0.2, 0.25) is 0 Å². The van der Waals surface area contributed by atoms with Gasteiger partial charge in [0.25, 0.3) is 0 Å². The Labute approximate surface area is 156 Å². The molecular weight excluding hydrogens is 330 g/mol. The van der Waals surface area contributed by atoms with Gasteiger partial charge in [-0.3, -0.25) is 4.99 Å². The van der Waals surface area contributed by atoms with Crippen LogP contribution in [0.1, 0.15) is 32.8 Å². The number of hydrogen-bond donors (Lipinski definition) is 2. The molecular formula is C20H31N3O3. The summed E-state index contributed by atoms with van der Waals surface area (Å²) in [7, 11) is 3.46. The Morgan fingerprint density at radius 3 is 2.85 bits per heavy atom. The summed E-state index contributed by atoms with van der Waals surface area (Å²) in [5.74, 6) is 2.92. The highest BCUT2D eigenvalue weighted by atomic mass is 16.5. The number of fused-ring (bicyclic) bond motifs is 1. The Balaban J connectivity index is 1.60. The first-order chi connectivity index (χ1) is 12.5. The Bertz CT molecular complexity index is 660. The summed E-state index contributed by atoms with van der Waals surface area (Å²) in [5, 5.41) is 7.01. The monoisotopic (exact) mass is 361 g/mol. The van der Waals surface area contributed by atoms with Crippen LogP contribution in [0.25, 0.3) is 0 Å². The molecule has 2 N–H and O–H groups in total. The maximum absolute atomic E-state index is 5.87. The normalized spacial score (nSPS) is 26.7. The Kier molecular flexibility index (Phi) is 5.61. The minimum atomic E-state index is 0.126. The molecule has 3 atom stereocenters. The summed E-state index contributed by atoms with van der Waals surface area (Å²) in [5.41, 5.74) is 1.24. The summed E-state index contributed by atoms with van der Waals surface area (Å²) >= 11 is 0. The zero-order chi connectivity index (χ0) is 18.7. The molecule has 0 amide bonds. The summed E-state index contributed by atoms with van der Waals surface area (Å²) in [6.07, 6.45) is 1.49. The quantitative estimate of drug-likeness (QED) is 0.602. The van der Waals surface area contributed by atoms with E-state index in [-0.39, 0.29) is 5.41 Å². The third-order valence-electron chi connectivity index (χ3n) is 5.60. The van der Waals surface area contributed by atoms with Gasteiger partial charge >= 0.3 is 0 Å². The molecule has 2 fully saturated rings. The van der Waals surface area contributed by atoms with Gasteiger partial charge in [-0.05, 0) is 31.0 Å². The molecule has 1 aliphatic heterocycles. The lowest BCUT2D eigenvalue weighted by Crippen LogP contribution is -2.67. The molecule has 1 aromatic rings. The fourth-order valence-corrected chi connectivity index (χ4v) is 4.24. The number of methoxy groups -OCH3 is 1. The highest BCUT2D eigenvalue weighted by Crippen LogP contribution is 2.52. The fraction of sp³-hybridized carbons (Fsp3) is 0.650. The topological polar surface area (TPSA) is 64.1 Å². The van der Waals surface area contributed by atoms with E-state index >= 15 is 0 Å². The molecule has 0 radical (unpaired) electrons. The van der Waals surface area contributed by atoms with Crippen LogP contribution < -0.4 is 20.1 Å². The molecule has 1 saturated heterocycles. The van der Waals surface area contributed by atoms with Gasteiger partial charge in [-0.2, -0.15) is 0 Å². The zero-order valence-electron chi connectivity index (χ0n) is 16.5. The van der Waals surface area contributed by atoms with Crippen molar-refractivity contribution in [1.29, 1.82) is 0 Å². The van der Waals surface area contributed by atoms with E-state index in [1.807, 2.05) is 32.2 Å². The van der Waals surface area contributed by atoms with Gasteiger partial charge in [-0.1, -0.05) is 19.9 Å². The summed E-state index contributed by atoms with van der Waals surface area (Å²) in [4.78, 5) is 4.39. The number of hydrogen-bond acceptors (Lipinski definition) is 4. The van der Waals surface area contributed by atoms with Gasteiger partial charge in [-0.25, -0.2) is 0 Å². The lowest BCUT2D eigenvalue weighted by molar-refractivity contribution is -0.106. The minimum Gasteiger partial charge on any atom is -0.493 e. The van der Waals surface area contributed by atoms with E-state index in [1.54, 1.807) is 7.11 Å². The molecule has 3 unspecified atom stereocenters. The molecule has 6 nitrogen and oxygen atoms in total. The average molecular weight is 361 g/mol. The van der Waals surface area contributed by atoms with Crippen molar-refractivity contribution >= 4 is 5.96 Å². The highest BCUT2D eigenvalue weighted by Gasteiger charge is 2.59. The number of nitrogens with zero attached hydrogens (tertiary/aromatic N) is 1. The first-order valence-corrected chi connectivity index (χ1v) is 9.39. The molecule has 144 valence electrons. The number of benzene rings is 1. The molecule has 0 spiro atoms. The SMILES string of the molecule is CCOc1cc(CNC(=NC)NC2C3CCOC3C2(C)C)ccc1OC. The van der Waals surface area contributed by atoms with Crippen molar-refractivity contribution in [3.05, 3.63) is 23.8 Å². The molecule has 6 heteroatoms. The van der Waals surface area contributed by atoms with Crippen molar-refractivity contribution in [3.63, 3.8) is 0 Å². The minimum absolute atomic E-state index is 0.126. The Morgan fingerprint density at radius 2 is 2.15 bits per heavy atom. The van der Waals surface area contributed by atoms with E-state index in [4.69, 9.17) is 14.2 Å². The van der Waals surface area contributed by atoms with Gasteiger partial charge in [0.1, 0.15) is 0 Å². The average Bonchev–Trinajstić information content (AvgIpc) is 3.09.